The highest BCUT2D eigenvalue weighted by molar-refractivity contribution is 6.20. The number of carbonyl (C=O) groups excluding carboxylic acids is 2. The number of anilines is 1. The fourth-order valence-electron chi connectivity index (χ4n) is 3.72. The average molecular weight is 408 g/mol. The van der Waals surface area contributed by atoms with E-state index in [-0.39, 0.29) is 17.7 Å². The fourth-order valence-corrected chi connectivity index (χ4v) is 3.72. The SMILES string of the molecule is CC(C)CC(C(=O)NC1N=C(c2ccccc2)c2ccccc2N(C)C1=O)C(C)O. The summed E-state index contributed by atoms with van der Waals surface area (Å²) >= 11 is 0. The number of carbonyl (C=O) groups is 2. The molecular formula is C24H29N3O3. The van der Waals surface area contributed by atoms with Gasteiger partial charge in [-0.25, -0.2) is 4.99 Å². The fraction of sp³-hybridized carbons (Fsp3) is 0.375. The van der Waals surface area contributed by atoms with Crippen LogP contribution >= 0.6 is 0 Å². The highest BCUT2D eigenvalue weighted by Crippen LogP contribution is 2.27. The molecule has 0 bridgehead atoms. The number of para-hydroxylation sites is 1. The molecule has 3 atom stereocenters. The Hall–Kier alpha value is -2.99. The molecule has 0 aromatic heterocycles. The lowest BCUT2D eigenvalue weighted by Crippen LogP contribution is -2.49. The number of amides is 2. The first kappa shape index (κ1) is 21.7. The van der Waals surface area contributed by atoms with Gasteiger partial charge in [0.15, 0.2) is 0 Å². The zero-order chi connectivity index (χ0) is 21.8. The van der Waals surface area contributed by atoms with Gasteiger partial charge in [0, 0.05) is 18.2 Å². The van der Waals surface area contributed by atoms with Gasteiger partial charge in [-0.15, -0.1) is 0 Å². The van der Waals surface area contributed by atoms with E-state index < -0.39 is 18.2 Å². The molecule has 1 aliphatic heterocycles. The van der Waals surface area contributed by atoms with Gasteiger partial charge in [-0.1, -0.05) is 62.4 Å². The molecule has 0 saturated heterocycles. The molecule has 3 unspecified atom stereocenters. The lowest BCUT2D eigenvalue weighted by molar-refractivity contribution is -0.132. The van der Waals surface area contributed by atoms with E-state index in [9.17, 15) is 14.7 Å². The lowest BCUT2D eigenvalue weighted by atomic mass is 9.92. The molecule has 0 radical (unpaired) electrons. The van der Waals surface area contributed by atoms with Crippen molar-refractivity contribution in [3.05, 3.63) is 65.7 Å². The maximum Gasteiger partial charge on any atom is 0.272 e. The van der Waals surface area contributed by atoms with E-state index in [0.29, 0.717) is 12.1 Å². The molecule has 6 heteroatoms. The number of rotatable bonds is 6. The van der Waals surface area contributed by atoms with Crippen molar-refractivity contribution in [2.75, 3.05) is 11.9 Å². The molecule has 2 amide bonds. The van der Waals surface area contributed by atoms with Crippen molar-refractivity contribution in [3.8, 4) is 0 Å². The second-order valence-electron chi connectivity index (χ2n) is 8.15. The molecule has 1 aliphatic rings. The predicted molar refractivity (Wildman–Crippen MR) is 118 cm³/mol. The van der Waals surface area contributed by atoms with Crippen LogP contribution in [0.15, 0.2) is 59.6 Å². The molecule has 3 rings (SSSR count). The van der Waals surface area contributed by atoms with E-state index in [1.165, 1.54) is 4.90 Å². The largest absolute Gasteiger partial charge is 0.393 e. The van der Waals surface area contributed by atoms with Crippen LogP contribution in [-0.4, -0.2) is 41.9 Å². The zero-order valence-electron chi connectivity index (χ0n) is 17.9. The number of aliphatic hydroxyl groups is 1. The third-order valence-corrected chi connectivity index (χ3v) is 5.31. The van der Waals surface area contributed by atoms with E-state index in [4.69, 9.17) is 4.99 Å². The number of benzene rings is 2. The number of nitrogens with zero attached hydrogens (tertiary/aromatic N) is 2. The van der Waals surface area contributed by atoms with Crippen LogP contribution in [0.3, 0.4) is 0 Å². The first-order valence-corrected chi connectivity index (χ1v) is 10.3. The number of likely N-dealkylation sites (N-methyl/N-ethyl adjacent to an activating group) is 1. The molecule has 2 aromatic carbocycles. The van der Waals surface area contributed by atoms with Crippen molar-refractivity contribution >= 4 is 23.2 Å². The molecule has 1 heterocycles. The van der Waals surface area contributed by atoms with Gasteiger partial charge in [-0.2, -0.15) is 0 Å². The smallest absolute Gasteiger partial charge is 0.272 e. The van der Waals surface area contributed by atoms with Crippen LogP contribution in [-0.2, 0) is 9.59 Å². The first-order valence-electron chi connectivity index (χ1n) is 10.3. The van der Waals surface area contributed by atoms with Crippen molar-refractivity contribution in [2.45, 2.75) is 39.5 Å². The van der Waals surface area contributed by atoms with Crippen molar-refractivity contribution < 1.29 is 14.7 Å². The second-order valence-corrected chi connectivity index (χ2v) is 8.15. The van der Waals surface area contributed by atoms with Crippen LogP contribution in [0.2, 0.25) is 0 Å². The van der Waals surface area contributed by atoms with Crippen LogP contribution in [0.5, 0.6) is 0 Å². The predicted octanol–water partition coefficient (Wildman–Crippen LogP) is 2.99. The van der Waals surface area contributed by atoms with Crippen molar-refractivity contribution in [1.82, 2.24) is 5.32 Å². The first-order chi connectivity index (χ1) is 14.3. The molecule has 2 N–H and O–H groups in total. The molecule has 0 saturated carbocycles. The van der Waals surface area contributed by atoms with E-state index in [1.54, 1.807) is 14.0 Å². The summed E-state index contributed by atoms with van der Waals surface area (Å²) in [6.45, 7) is 5.59. The normalized spacial score (nSPS) is 18.3. The maximum atomic E-state index is 13.2. The van der Waals surface area contributed by atoms with Gasteiger partial charge < -0.3 is 15.3 Å². The summed E-state index contributed by atoms with van der Waals surface area (Å²) in [7, 11) is 1.68. The minimum atomic E-state index is -1.07. The van der Waals surface area contributed by atoms with Crippen LogP contribution in [0.25, 0.3) is 0 Å². The Morgan fingerprint density at radius 1 is 1.10 bits per heavy atom. The minimum absolute atomic E-state index is 0.232. The summed E-state index contributed by atoms with van der Waals surface area (Å²) in [6.07, 6.45) is -1.37. The quantitative estimate of drug-likeness (QED) is 0.772. The summed E-state index contributed by atoms with van der Waals surface area (Å²) in [5.41, 5.74) is 3.06. The van der Waals surface area contributed by atoms with E-state index in [2.05, 4.69) is 5.32 Å². The van der Waals surface area contributed by atoms with Gasteiger partial charge in [0.1, 0.15) is 0 Å². The molecule has 158 valence electrons. The number of hydrogen-bond donors (Lipinski definition) is 2. The van der Waals surface area contributed by atoms with Gasteiger partial charge in [-0.3, -0.25) is 9.59 Å². The van der Waals surface area contributed by atoms with Crippen LogP contribution < -0.4 is 10.2 Å². The summed E-state index contributed by atoms with van der Waals surface area (Å²) in [4.78, 5) is 32.4. The molecule has 0 aliphatic carbocycles. The topological polar surface area (TPSA) is 82.0 Å². The summed E-state index contributed by atoms with van der Waals surface area (Å²) in [5.74, 6) is -1.07. The zero-order valence-corrected chi connectivity index (χ0v) is 17.9. The van der Waals surface area contributed by atoms with Crippen molar-refractivity contribution in [2.24, 2.45) is 16.8 Å². The Bertz CT molecular complexity index is 938. The molecule has 2 aromatic rings. The van der Waals surface area contributed by atoms with Crippen LogP contribution in [0.1, 0.15) is 38.3 Å². The Kier molecular flexibility index (Phi) is 6.67. The average Bonchev–Trinajstić information content (AvgIpc) is 2.83. The lowest BCUT2D eigenvalue weighted by Gasteiger charge is -2.25. The van der Waals surface area contributed by atoms with Gasteiger partial charge in [0.05, 0.1) is 23.4 Å². The van der Waals surface area contributed by atoms with Gasteiger partial charge in [-0.05, 0) is 25.3 Å². The Morgan fingerprint density at radius 3 is 2.37 bits per heavy atom. The highest BCUT2D eigenvalue weighted by Gasteiger charge is 2.33. The summed E-state index contributed by atoms with van der Waals surface area (Å²) < 4.78 is 0. The van der Waals surface area contributed by atoms with Gasteiger partial charge in [0.2, 0.25) is 12.1 Å². The monoisotopic (exact) mass is 407 g/mol. The summed E-state index contributed by atoms with van der Waals surface area (Å²) in [6, 6.07) is 17.2. The standard InChI is InChI=1S/C24H29N3O3/c1-15(2)14-19(16(3)28)23(29)26-22-24(30)27(4)20-13-9-8-12-18(20)21(25-22)17-10-6-5-7-11-17/h5-13,15-16,19,22,28H,14H2,1-4H3,(H,26,29). The number of nitrogens with one attached hydrogen (secondary N) is 1. The van der Waals surface area contributed by atoms with Crippen molar-refractivity contribution in [1.29, 1.82) is 0 Å². The summed E-state index contributed by atoms with van der Waals surface area (Å²) in [5, 5.41) is 12.9. The number of benzodiazepines with no additional fused rings is 1. The van der Waals surface area contributed by atoms with Gasteiger partial charge in [0.25, 0.3) is 5.91 Å². The Labute approximate surface area is 177 Å². The van der Waals surface area contributed by atoms with Gasteiger partial charge >= 0.3 is 0 Å². The molecular weight excluding hydrogens is 378 g/mol. The Morgan fingerprint density at radius 2 is 1.73 bits per heavy atom. The van der Waals surface area contributed by atoms with E-state index in [0.717, 1.165) is 16.8 Å². The maximum absolute atomic E-state index is 13.2. The number of aliphatic imine (C=N–C) groups is 1. The third-order valence-electron chi connectivity index (χ3n) is 5.31. The molecule has 6 nitrogen and oxygen atoms in total. The second kappa shape index (κ2) is 9.22. The molecule has 0 fully saturated rings. The Balaban J connectivity index is 2.02. The number of fused-ring (bicyclic) bond motifs is 1. The van der Waals surface area contributed by atoms with E-state index in [1.807, 2.05) is 68.4 Å². The highest BCUT2D eigenvalue weighted by atomic mass is 16.3. The van der Waals surface area contributed by atoms with Crippen molar-refractivity contribution in [3.63, 3.8) is 0 Å². The third kappa shape index (κ3) is 4.60. The minimum Gasteiger partial charge on any atom is -0.393 e. The molecule has 30 heavy (non-hydrogen) atoms. The number of aliphatic hydroxyl groups excluding tert-OH is 1. The van der Waals surface area contributed by atoms with Crippen LogP contribution in [0, 0.1) is 11.8 Å². The van der Waals surface area contributed by atoms with E-state index >= 15 is 0 Å². The van der Waals surface area contributed by atoms with Crippen LogP contribution in [0.4, 0.5) is 5.69 Å². The number of hydrogen-bond acceptors (Lipinski definition) is 4. The molecule has 0 spiro atoms.